The molecule has 116 valence electrons. The quantitative estimate of drug-likeness (QED) is 0.920. The van der Waals surface area contributed by atoms with Crippen molar-refractivity contribution in [2.75, 3.05) is 7.05 Å². The van der Waals surface area contributed by atoms with Gasteiger partial charge in [-0.1, -0.05) is 18.2 Å². The van der Waals surface area contributed by atoms with E-state index in [0.717, 1.165) is 24.5 Å². The molecule has 21 heavy (non-hydrogen) atoms. The Hall–Kier alpha value is -1.07. The summed E-state index contributed by atoms with van der Waals surface area (Å²) in [4.78, 5) is 2.41. The van der Waals surface area contributed by atoms with Gasteiger partial charge >= 0.3 is 6.18 Å². The molecule has 1 N–H and O–H groups in total. The lowest BCUT2D eigenvalue weighted by molar-refractivity contribution is -0.137. The van der Waals surface area contributed by atoms with Crippen LogP contribution in [0.3, 0.4) is 0 Å². The maximum absolute atomic E-state index is 12.8. The summed E-state index contributed by atoms with van der Waals surface area (Å²) in [7, 11) is 1.99. The standard InChI is InChI=1S/C16H21F3N2/c1-20-13-8-14-5-6-15(9-13)21(14)10-11-3-2-4-12(7-11)16(17,18)19/h2-4,7,13-15,20H,5-6,8-10H2,1H3. The van der Waals surface area contributed by atoms with E-state index in [-0.39, 0.29) is 0 Å². The Kier molecular flexibility index (Phi) is 3.97. The Labute approximate surface area is 123 Å². The molecule has 2 heterocycles. The normalized spacial score (nSPS) is 29.8. The van der Waals surface area contributed by atoms with Gasteiger partial charge in [-0.05, 0) is 44.4 Å². The van der Waals surface area contributed by atoms with Crippen LogP contribution in [0.2, 0.25) is 0 Å². The van der Waals surface area contributed by atoms with Crippen LogP contribution in [0.25, 0.3) is 0 Å². The fraction of sp³-hybridized carbons (Fsp3) is 0.625. The van der Waals surface area contributed by atoms with Crippen LogP contribution in [0.1, 0.15) is 36.8 Å². The van der Waals surface area contributed by atoms with Gasteiger partial charge in [0.1, 0.15) is 0 Å². The lowest BCUT2D eigenvalue weighted by atomic mass is 9.96. The predicted octanol–water partition coefficient (Wildman–Crippen LogP) is 3.42. The Morgan fingerprint density at radius 3 is 2.43 bits per heavy atom. The maximum atomic E-state index is 12.8. The van der Waals surface area contributed by atoms with Crippen molar-refractivity contribution in [3.63, 3.8) is 0 Å². The van der Waals surface area contributed by atoms with Crippen LogP contribution < -0.4 is 5.32 Å². The zero-order chi connectivity index (χ0) is 15.0. The van der Waals surface area contributed by atoms with Gasteiger partial charge in [0.2, 0.25) is 0 Å². The summed E-state index contributed by atoms with van der Waals surface area (Å²) in [5.74, 6) is 0. The van der Waals surface area contributed by atoms with Crippen LogP contribution in [-0.2, 0) is 12.7 Å². The first kappa shape index (κ1) is 14.9. The monoisotopic (exact) mass is 298 g/mol. The highest BCUT2D eigenvalue weighted by molar-refractivity contribution is 5.26. The Balaban J connectivity index is 1.73. The van der Waals surface area contributed by atoms with Gasteiger partial charge in [-0.3, -0.25) is 4.90 Å². The Morgan fingerprint density at radius 1 is 1.19 bits per heavy atom. The molecule has 2 unspecified atom stereocenters. The molecule has 2 aliphatic rings. The van der Waals surface area contributed by atoms with Gasteiger partial charge in [0.05, 0.1) is 5.56 Å². The molecular formula is C16H21F3N2. The third kappa shape index (κ3) is 3.09. The second kappa shape index (κ2) is 5.61. The number of hydrogen-bond acceptors (Lipinski definition) is 2. The number of nitrogens with zero attached hydrogens (tertiary/aromatic N) is 1. The molecule has 5 heteroatoms. The van der Waals surface area contributed by atoms with Crippen molar-refractivity contribution < 1.29 is 13.2 Å². The second-order valence-corrected chi connectivity index (χ2v) is 6.21. The summed E-state index contributed by atoms with van der Waals surface area (Å²) in [6.07, 6.45) is 0.287. The van der Waals surface area contributed by atoms with E-state index < -0.39 is 11.7 Å². The molecule has 1 aromatic rings. The van der Waals surface area contributed by atoms with Crippen LogP contribution in [0, 0.1) is 0 Å². The van der Waals surface area contributed by atoms with E-state index in [1.807, 2.05) is 7.05 Å². The predicted molar refractivity (Wildman–Crippen MR) is 75.9 cm³/mol. The second-order valence-electron chi connectivity index (χ2n) is 6.21. The van der Waals surface area contributed by atoms with Crippen LogP contribution in [0.4, 0.5) is 13.2 Å². The number of rotatable bonds is 3. The fourth-order valence-corrected chi connectivity index (χ4v) is 3.82. The highest BCUT2D eigenvalue weighted by atomic mass is 19.4. The van der Waals surface area contributed by atoms with Gasteiger partial charge in [0.15, 0.2) is 0 Å². The minimum atomic E-state index is -4.26. The minimum absolute atomic E-state index is 0.510. The molecule has 0 saturated carbocycles. The molecule has 0 aliphatic carbocycles. The fourth-order valence-electron chi connectivity index (χ4n) is 3.82. The number of benzene rings is 1. The van der Waals surface area contributed by atoms with Gasteiger partial charge in [-0.2, -0.15) is 13.2 Å². The zero-order valence-corrected chi connectivity index (χ0v) is 12.2. The van der Waals surface area contributed by atoms with Crippen molar-refractivity contribution in [2.45, 2.75) is 56.5 Å². The van der Waals surface area contributed by atoms with E-state index in [4.69, 9.17) is 0 Å². The maximum Gasteiger partial charge on any atom is 0.416 e. The van der Waals surface area contributed by atoms with E-state index in [1.54, 1.807) is 6.07 Å². The molecule has 2 fully saturated rings. The van der Waals surface area contributed by atoms with Gasteiger partial charge in [0, 0.05) is 24.7 Å². The van der Waals surface area contributed by atoms with Gasteiger partial charge in [-0.25, -0.2) is 0 Å². The summed E-state index contributed by atoms with van der Waals surface area (Å²) in [5.41, 5.74) is 0.224. The van der Waals surface area contributed by atoms with Crippen molar-refractivity contribution in [3.05, 3.63) is 35.4 Å². The Morgan fingerprint density at radius 2 is 1.86 bits per heavy atom. The lowest BCUT2D eigenvalue weighted by Crippen LogP contribution is -2.47. The van der Waals surface area contributed by atoms with Crippen molar-refractivity contribution in [1.82, 2.24) is 10.2 Å². The van der Waals surface area contributed by atoms with Crippen LogP contribution in [0.15, 0.2) is 24.3 Å². The highest BCUT2D eigenvalue weighted by Gasteiger charge is 2.40. The third-order valence-corrected chi connectivity index (χ3v) is 4.91. The number of piperidine rings is 1. The van der Waals surface area contributed by atoms with Crippen molar-refractivity contribution in [3.8, 4) is 0 Å². The molecular weight excluding hydrogens is 277 g/mol. The van der Waals surface area contributed by atoms with Crippen molar-refractivity contribution in [1.29, 1.82) is 0 Å². The molecule has 2 nitrogen and oxygen atoms in total. The van der Waals surface area contributed by atoms with Gasteiger partial charge in [-0.15, -0.1) is 0 Å². The lowest BCUT2D eigenvalue weighted by Gasteiger charge is -2.39. The SMILES string of the molecule is CNC1CC2CCC(C1)N2Cc1cccc(C(F)(F)F)c1. The zero-order valence-electron chi connectivity index (χ0n) is 12.2. The van der Waals surface area contributed by atoms with Crippen LogP contribution in [0.5, 0.6) is 0 Å². The molecule has 2 bridgehead atoms. The molecule has 2 atom stereocenters. The largest absolute Gasteiger partial charge is 0.416 e. The molecule has 0 amide bonds. The van der Waals surface area contributed by atoms with Crippen molar-refractivity contribution in [2.24, 2.45) is 0 Å². The third-order valence-electron chi connectivity index (χ3n) is 4.91. The van der Waals surface area contributed by atoms with E-state index in [2.05, 4.69) is 10.2 Å². The van der Waals surface area contributed by atoms with E-state index in [9.17, 15) is 13.2 Å². The number of alkyl halides is 3. The first-order valence-corrected chi connectivity index (χ1v) is 7.56. The number of halogens is 3. The summed E-state index contributed by atoms with van der Waals surface area (Å²) in [6, 6.07) is 7.33. The summed E-state index contributed by atoms with van der Waals surface area (Å²) in [5, 5.41) is 3.34. The average molecular weight is 298 g/mol. The molecule has 2 aliphatic heterocycles. The summed E-state index contributed by atoms with van der Waals surface area (Å²) < 4.78 is 38.4. The first-order valence-electron chi connectivity index (χ1n) is 7.56. The smallest absolute Gasteiger partial charge is 0.317 e. The van der Waals surface area contributed by atoms with Crippen molar-refractivity contribution >= 4 is 0 Å². The van der Waals surface area contributed by atoms with E-state index in [1.165, 1.54) is 25.0 Å². The number of nitrogens with one attached hydrogen (secondary N) is 1. The molecule has 0 radical (unpaired) electrons. The molecule has 2 saturated heterocycles. The van der Waals surface area contributed by atoms with Crippen LogP contribution in [-0.4, -0.2) is 30.1 Å². The van der Waals surface area contributed by atoms with E-state index >= 15 is 0 Å². The van der Waals surface area contributed by atoms with Gasteiger partial charge in [0.25, 0.3) is 0 Å². The molecule has 0 spiro atoms. The molecule has 3 rings (SSSR count). The first-order chi connectivity index (χ1) is 9.97. The summed E-state index contributed by atoms with van der Waals surface area (Å²) in [6.45, 7) is 0.635. The highest BCUT2D eigenvalue weighted by Crippen LogP contribution is 2.37. The molecule has 0 aromatic heterocycles. The number of fused-ring (bicyclic) bond motifs is 2. The molecule has 1 aromatic carbocycles. The van der Waals surface area contributed by atoms with E-state index in [0.29, 0.717) is 24.7 Å². The van der Waals surface area contributed by atoms with Gasteiger partial charge < -0.3 is 5.32 Å². The minimum Gasteiger partial charge on any atom is -0.317 e. The summed E-state index contributed by atoms with van der Waals surface area (Å²) >= 11 is 0. The average Bonchev–Trinajstić information content (AvgIpc) is 2.69. The van der Waals surface area contributed by atoms with Crippen LogP contribution >= 0.6 is 0 Å². The number of hydrogen-bond donors (Lipinski definition) is 1. The topological polar surface area (TPSA) is 15.3 Å². The Bertz CT molecular complexity index is 487.